The molecule has 0 radical (unpaired) electrons. The van der Waals surface area contributed by atoms with Gasteiger partial charge in [-0.3, -0.25) is 14.4 Å². The minimum absolute atomic E-state index is 0.147. The summed E-state index contributed by atoms with van der Waals surface area (Å²) in [5.74, 6) is -0.479. The third-order valence-electron chi connectivity index (χ3n) is 6.83. The second kappa shape index (κ2) is 6.70. The van der Waals surface area contributed by atoms with Crippen molar-refractivity contribution in [3.05, 3.63) is 58.6 Å². The van der Waals surface area contributed by atoms with E-state index in [4.69, 9.17) is 11.6 Å². The Bertz CT molecular complexity index is 1020. The van der Waals surface area contributed by atoms with E-state index in [9.17, 15) is 14.4 Å². The lowest BCUT2D eigenvalue weighted by atomic mass is 9.81. The average molecular weight is 409 g/mol. The van der Waals surface area contributed by atoms with Crippen LogP contribution in [0.3, 0.4) is 0 Å². The maximum absolute atomic E-state index is 13.2. The number of imide groups is 1. The predicted molar refractivity (Wildman–Crippen MR) is 111 cm³/mol. The van der Waals surface area contributed by atoms with Gasteiger partial charge in [0.25, 0.3) is 5.91 Å². The van der Waals surface area contributed by atoms with Crippen molar-refractivity contribution in [2.24, 2.45) is 23.7 Å². The van der Waals surface area contributed by atoms with E-state index in [-0.39, 0.29) is 29.6 Å². The molecular formula is C23H21ClN2O3. The first kappa shape index (κ1) is 18.4. The van der Waals surface area contributed by atoms with Crippen LogP contribution in [0.5, 0.6) is 0 Å². The lowest BCUT2D eigenvalue weighted by Crippen LogP contribution is -2.34. The Kier molecular flexibility index (Phi) is 4.24. The van der Waals surface area contributed by atoms with Gasteiger partial charge in [-0.1, -0.05) is 29.8 Å². The zero-order valence-electron chi connectivity index (χ0n) is 16.0. The van der Waals surface area contributed by atoms with Crippen LogP contribution < -0.4 is 10.2 Å². The molecule has 1 saturated heterocycles. The lowest BCUT2D eigenvalue weighted by molar-refractivity contribution is -0.123. The van der Waals surface area contributed by atoms with Crippen LogP contribution in [0.2, 0.25) is 5.02 Å². The van der Waals surface area contributed by atoms with Gasteiger partial charge in [-0.15, -0.1) is 0 Å². The summed E-state index contributed by atoms with van der Waals surface area (Å²) in [7, 11) is 0. The minimum atomic E-state index is -0.369. The maximum atomic E-state index is 13.2. The third kappa shape index (κ3) is 2.71. The molecule has 148 valence electrons. The first-order chi connectivity index (χ1) is 14.0. The summed E-state index contributed by atoms with van der Waals surface area (Å²) in [5, 5.41) is 3.43. The Hall–Kier alpha value is -2.66. The van der Waals surface area contributed by atoms with Gasteiger partial charge in [-0.05, 0) is 67.9 Å². The highest BCUT2D eigenvalue weighted by Crippen LogP contribution is 2.56. The van der Waals surface area contributed by atoms with E-state index in [0.717, 1.165) is 24.8 Å². The van der Waals surface area contributed by atoms with Crippen molar-refractivity contribution in [3.63, 3.8) is 0 Å². The van der Waals surface area contributed by atoms with Crippen molar-refractivity contribution >= 4 is 40.7 Å². The van der Waals surface area contributed by atoms with Crippen molar-refractivity contribution in [2.45, 2.75) is 26.2 Å². The zero-order chi connectivity index (χ0) is 20.3. The van der Waals surface area contributed by atoms with E-state index in [1.165, 1.54) is 4.90 Å². The van der Waals surface area contributed by atoms with Crippen LogP contribution in [-0.4, -0.2) is 17.7 Å². The molecule has 2 aromatic carbocycles. The molecule has 0 unspecified atom stereocenters. The topological polar surface area (TPSA) is 66.5 Å². The van der Waals surface area contributed by atoms with Crippen molar-refractivity contribution in [1.82, 2.24) is 0 Å². The Balaban J connectivity index is 1.49. The molecule has 2 bridgehead atoms. The van der Waals surface area contributed by atoms with E-state index in [2.05, 4.69) is 5.32 Å². The first-order valence-electron chi connectivity index (χ1n) is 10.0. The summed E-state index contributed by atoms with van der Waals surface area (Å²) in [6.07, 6.45) is 3.03. The number of anilines is 2. The second-order valence-corrected chi connectivity index (χ2v) is 8.69. The largest absolute Gasteiger partial charge is 0.322 e. The minimum Gasteiger partial charge on any atom is -0.322 e. The number of carbonyl (C=O) groups excluding carboxylic acids is 3. The normalized spacial score (nSPS) is 27.4. The van der Waals surface area contributed by atoms with Gasteiger partial charge in [0.1, 0.15) is 0 Å². The molecule has 0 spiro atoms. The fourth-order valence-electron chi connectivity index (χ4n) is 5.44. The van der Waals surface area contributed by atoms with Gasteiger partial charge in [-0.2, -0.15) is 0 Å². The van der Waals surface area contributed by atoms with Crippen LogP contribution in [0.15, 0.2) is 42.5 Å². The summed E-state index contributed by atoms with van der Waals surface area (Å²) >= 11 is 6.16. The molecule has 3 aliphatic rings. The SMILES string of the molecule is Cc1c(Cl)cccc1NC(=O)c1ccccc1N1C(=O)[C@@H]2[C@@H]3CC[C@H](C3)[C@@H]2C1=O. The van der Waals surface area contributed by atoms with Crippen LogP contribution in [0, 0.1) is 30.6 Å². The number of nitrogens with one attached hydrogen (secondary N) is 1. The molecule has 1 N–H and O–H groups in total. The Labute approximate surface area is 174 Å². The molecule has 5 nitrogen and oxygen atoms in total. The van der Waals surface area contributed by atoms with Crippen LogP contribution >= 0.6 is 11.6 Å². The van der Waals surface area contributed by atoms with Crippen molar-refractivity contribution in [1.29, 1.82) is 0 Å². The summed E-state index contributed by atoms with van der Waals surface area (Å²) < 4.78 is 0. The Morgan fingerprint density at radius 3 is 2.34 bits per heavy atom. The third-order valence-corrected chi connectivity index (χ3v) is 7.24. The van der Waals surface area contributed by atoms with E-state index in [0.29, 0.717) is 33.8 Å². The monoisotopic (exact) mass is 408 g/mol. The second-order valence-electron chi connectivity index (χ2n) is 8.28. The number of hydrogen-bond acceptors (Lipinski definition) is 3. The van der Waals surface area contributed by atoms with Crippen LogP contribution in [0.1, 0.15) is 35.2 Å². The fraction of sp³-hybridized carbons (Fsp3) is 0.348. The number of hydrogen-bond donors (Lipinski definition) is 1. The number of benzene rings is 2. The highest BCUT2D eigenvalue weighted by Gasteiger charge is 2.61. The van der Waals surface area contributed by atoms with Gasteiger partial charge in [0.15, 0.2) is 0 Å². The van der Waals surface area contributed by atoms with Crippen molar-refractivity contribution < 1.29 is 14.4 Å². The van der Waals surface area contributed by atoms with Gasteiger partial charge in [0, 0.05) is 10.7 Å². The highest BCUT2D eigenvalue weighted by molar-refractivity contribution is 6.32. The Morgan fingerprint density at radius 1 is 1.00 bits per heavy atom. The zero-order valence-corrected chi connectivity index (χ0v) is 16.8. The molecule has 6 heteroatoms. The molecular weight excluding hydrogens is 388 g/mol. The van der Waals surface area contributed by atoms with Gasteiger partial charge in [-0.25, -0.2) is 4.90 Å². The number of nitrogens with zero attached hydrogens (tertiary/aromatic N) is 1. The van der Waals surface area contributed by atoms with Gasteiger partial charge in [0.2, 0.25) is 11.8 Å². The summed E-state index contributed by atoms with van der Waals surface area (Å²) in [5.41, 5.74) is 2.04. The number of carbonyl (C=O) groups is 3. The van der Waals surface area contributed by atoms with Crippen LogP contribution in [0.25, 0.3) is 0 Å². The first-order valence-corrected chi connectivity index (χ1v) is 10.4. The van der Waals surface area contributed by atoms with E-state index in [1.807, 2.05) is 6.92 Å². The van der Waals surface area contributed by atoms with Crippen LogP contribution in [0.4, 0.5) is 11.4 Å². The molecule has 1 heterocycles. The number of halogens is 1. The molecule has 2 aliphatic carbocycles. The molecule has 29 heavy (non-hydrogen) atoms. The Morgan fingerprint density at radius 2 is 1.66 bits per heavy atom. The van der Waals surface area contributed by atoms with Gasteiger partial charge in [0.05, 0.1) is 23.1 Å². The van der Waals surface area contributed by atoms with E-state index >= 15 is 0 Å². The lowest BCUT2D eigenvalue weighted by Gasteiger charge is -2.20. The van der Waals surface area contributed by atoms with Gasteiger partial charge >= 0.3 is 0 Å². The van der Waals surface area contributed by atoms with Gasteiger partial charge < -0.3 is 5.32 Å². The van der Waals surface area contributed by atoms with Crippen molar-refractivity contribution in [2.75, 3.05) is 10.2 Å². The summed E-state index contributed by atoms with van der Waals surface area (Å²) in [6, 6.07) is 12.1. The molecule has 4 atom stereocenters. The van der Waals surface area contributed by atoms with E-state index < -0.39 is 0 Å². The fourth-order valence-corrected chi connectivity index (χ4v) is 5.61. The summed E-state index contributed by atoms with van der Waals surface area (Å²) in [4.78, 5) is 40.7. The molecule has 3 fully saturated rings. The quantitative estimate of drug-likeness (QED) is 0.763. The molecule has 0 aromatic heterocycles. The highest BCUT2D eigenvalue weighted by atomic mass is 35.5. The average Bonchev–Trinajstić information content (AvgIpc) is 3.39. The maximum Gasteiger partial charge on any atom is 0.257 e. The molecule has 2 saturated carbocycles. The van der Waals surface area contributed by atoms with E-state index in [1.54, 1.807) is 42.5 Å². The number of fused-ring (bicyclic) bond motifs is 5. The molecule has 5 rings (SSSR count). The number of amides is 3. The number of para-hydroxylation sites is 1. The standard InChI is InChI=1S/C23H21ClN2O3/c1-12-16(24)6-4-7-17(12)25-21(27)15-5-2-3-8-18(15)26-22(28)19-13-9-10-14(11-13)20(19)23(26)29/h2-8,13-14,19-20H,9-11H2,1H3,(H,25,27)/t13-,14-,19-,20+/m1/s1. The number of rotatable bonds is 3. The summed E-state index contributed by atoms with van der Waals surface area (Å²) in [6.45, 7) is 1.83. The molecule has 3 amide bonds. The van der Waals surface area contributed by atoms with Crippen LogP contribution in [-0.2, 0) is 9.59 Å². The predicted octanol–water partition coefficient (Wildman–Crippen LogP) is 4.44. The smallest absolute Gasteiger partial charge is 0.257 e. The molecule has 2 aromatic rings. The van der Waals surface area contributed by atoms with Crippen molar-refractivity contribution in [3.8, 4) is 0 Å². The molecule has 1 aliphatic heterocycles.